The van der Waals surface area contributed by atoms with Gasteiger partial charge in [-0.3, -0.25) is 14.9 Å². The fraction of sp³-hybridized carbons (Fsp3) is 0.0938. The van der Waals surface area contributed by atoms with Crippen LogP contribution in [0.1, 0.15) is 16.7 Å². The first kappa shape index (κ1) is 30.4. The maximum Gasteiger partial charge on any atom is 0.335 e. The van der Waals surface area contributed by atoms with E-state index in [0.717, 1.165) is 16.0 Å². The topological polar surface area (TPSA) is 94.2 Å². The highest BCUT2D eigenvalue weighted by Crippen LogP contribution is 2.36. The van der Waals surface area contributed by atoms with E-state index in [2.05, 4.69) is 27.9 Å². The van der Waals surface area contributed by atoms with Crippen LogP contribution in [-0.2, 0) is 22.8 Å². The van der Waals surface area contributed by atoms with Gasteiger partial charge in [-0.05, 0) is 88.3 Å². The van der Waals surface area contributed by atoms with E-state index >= 15 is 0 Å². The molecule has 1 aliphatic rings. The number of nitrogens with one attached hydrogen (secondary N) is 1. The molecular weight excluding hydrogens is 706 g/mol. The van der Waals surface area contributed by atoms with Crippen LogP contribution in [0, 0.1) is 3.57 Å². The SMILES string of the molecule is COc1cc(/C=C2\C(=O)NC(=O)N(c3ccc(OCc4ccccc4)cc3)C2=O)cc(I)c1OCc1ccc(Cl)cc1Cl. The predicted molar refractivity (Wildman–Crippen MR) is 173 cm³/mol. The highest BCUT2D eigenvalue weighted by atomic mass is 127. The molecule has 0 aliphatic carbocycles. The molecule has 1 N–H and O–H groups in total. The lowest BCUT2D eigenvalue weighted by atomic mass is 10.1. The van der Waals surface area contributed by atoms with Crippen molar-refractivity contribution in [3.8, 4) is 17.2 Å². The van der Waals surface area contributed by atoms with Crippen molar-refractivity contribution in [3.05, 3.63) is 121 Å². The standard InChI is InChI=1S/C32H23Cl2IN2O6/c1-41-28-15-20(14-27(35)29(28)43-18-21-7-8-22(33)16-26(21)34)13-25-30(38)36-32(40)37(31(25)39)23-9-11-24(12-10-23)42-17-19-5-3-2-4-6-19/h2-16H,17-18H2,1H3,(H,36,38,40)/b25-13+. The van der Waals surface area contributed by atoms with Gasteiger partial charge in [0.15, 0.2) is 11.5 Å². The van der Waals surface area contributed by atoms with Crippen LogP contribution in [0.5, 0.6) is 17.2 Å². The number of halogens is 3. The van der Waals surface area contributed by atoms with E-state index in [1.807, 2.05) is 30.3 Å². The molecule has 0 atom stereocenters. The first-order valence-corrected chi connectivity index (χ1v) is 14.7. The fourth-order valence-corrected chi connectivity index (χ4v) is 5.49. The third-order valence-electron chi connectivity index (χ3n) is 6.39. The Bertz CT molecular complexity index is 1730. The summed E-state index contributed by atoms with van der Waals surface area (Å²) in [7, 11) is 1.48. The number of methoxy groups -OCH3 is 1. The minimum Gasteiger partial charge on any atom is -0.493 e. The molecule has 1 fully saturated rings. The Hall–Kier alpha value is -4.06. The van der Waals surface area contributed by atoms with Crippen LogP contribution in [-0.4, -0.2) is 25.0 Å². The Kier molecular flexibility index (Phi) is 9.54. The minimum atomic E-state index is -0.845. The van der Waals surface area contributed by atoms with Crippen molar-refractivity contribution < 1.29 is 28.6 Å². The first-order valence-electron chi connectivity index (χ1n) is 12.9. The molecule has 0 aromatic heterocycles. The number of nitrogens with zero attached hydrogens (tertiary/aromatic N) is 1. The van der Waals surface area contributed by atoms with Crippen LogP contribution >= 0.6 is 45.8 Å². The second-order valence-corrected chi connectivity index (χ2v) is 11.3. The molecule has 1 aliphatic heterocycles. The maximum absolute atomic E-state index is 13.4. The Balaban J connectivity index is 1.35. The summed E-state index contributed by atoms with van der Waals surface area (Å²) in [5.41, 5.74) is 2.30. The number of barbiturate groups is 1. The maximum atomic E-state index is 13.4. The van der Waals surface area contributed by atoms with Gasteiger partial charge in [0, 0.05) is 15.6 Å². The van der Waals surface area contributed by atoms with Crippen molar-refractivity contribution in [3.63, 3.8) is 0 Å². The molecule has 4 amide bonds. The van der Waals surface area contributed by atoms with Gasteiger partial charge in [0.05, 0.1) is 16.4 Å². The predicted octanol–water partition coefficient (Wildman–Crippen LogP) is 7.43. The molecule has 5 rings (SSSR count). The molecule has 1 heterocycles. The Morgan fingerprint density at radius 1 is 0.884 bits per heavy atom. The molecule has 218 valence electrons. The van der Waals surface area contributed by atoms with Crippen molar-refractivity contribution in [1.82, 2.24) is 5.32 Å². The number of imide groups is 2. The number of amides is 4. The lowest BCUT2D eigenvalue weighted by molar-refractivity contribution is -0.122. The third-order valence-corrected chi connectivity index (χ3v) is 7.78. The molecular formula is C32H23Cl2IN2O6. The molecule has 0 saturated carbocycles. The average molecular weight is 729 g/mol. The Morgan fingerprint density at radius 2 is 1.63 bits per heavy atom. The molecule has 4 aromatic rings. The molecule has 0 unspecified atom stereocenters. The summed E-state index contributed by atoms with van der Waals surface area (Å²) >= 11 is 14.3. The fourth-order valence-electron chi connectivity index (χ4n) is 4.24. The summed E-state index contributed by atoms with van der Waals surface area (Å²) < 4.78 is 18.0. The lowest BCUT2D eigenvalue weighted by Crippen LogP contribution is -2.54. The van der Waals surface area contributed by atoms with Crippen LogP contribution in [0.25, 0.3) is 6.08 Å². The van der Waals surface area contributed by atoms with Crippen molar-refractivity contribution in [2.24, 2.45) is 0 Å². The molecule has 0 radical (unpaired) electrons. The number of urea groups is 1. The molecule has 11 heteroatoms. The largest absolute Gasteiger partial charge is 0.493 e. The molecule has 0 bridgehead atoms. The van der Waals surface area contributed by atoms with E-state index < -0.39 is 17.8 Å². The zero-order valence-electron chi connectivity index (χ0n) is 22.6. The van der Waals surface area contributed by atoms with Gasteiger partial charge in [-0.1, -0.05) is 59.6 Å². The number of carbonyl (C=O) groups is 3. The Labute approximate surface area is 271 Å². The van der Waals surface area contributed by atoms with Crippen molar-refractivity contribution in [1.29, 1.82) is 0 Å². The monoisotopic (exact) mass is 728 g/mol. The van der Waals surface area contributed by atoms with Gasteiger partial charge in [0.25, 0.3) is 11.8 Å². The lowest BCUT2D eigenvalue weighted by Gasteiger charge is -2.26. The van der Waals surface area contributed by atoms with E-state index in [9.17, 15) is 14.4 Å². The van der Waals surface area contributed by atoms with Crippen LogP contribution in [0.3, 0.4) is 0 Å². The molecule has 43 heavy (non-hydrogen) atoms. The van der Waals surface area contributed by atoms with Gasteiger partial charge < -0.3 is 14.2 Å². The van der Waals surface area contributed by atoms with E-state index in [4.69, 9.17) is 37.4 Å². The van der Waals surface area contributed by atoms with Crippen LogP contribution in [0.15, 0.2) is 90.5 Å². The van der Waals surface area contributed by atoms with Gasteiger partial charge in [0.1, 0.15) is 24.5 Å². The van der Waals surface area contributed by atoms with Crippen molar-refractivity contribution in [2.45, 2.75) is 13.2 Å². The number of rotatable bonds is 9. The average Bonchev–Trinajstić information content (AvgIpc) is 2.99. The summed E-state index contributed by atoms with van der Waals surface area (Å²) in [5, 5.41) is 3.23. The van der Waals surface area contributed by atoms with Gasteiger partial charge in [-0.15, -0.1) is 0 Å². The number of ether oxygens (including phenoxy) is 3. The second-order valence-electron chi connectivity index (χ2n) is 9.28. The highest BCUT2D eigenvalue weighted by Gasteiger charge is 2.37. The van der Waals surface area contributed by atoms with Crippen molar-refractivity contribution in [2.75, 3.05) is 12.0 Å². The first-order chi connectivity index (χ1) is 20.7. The molecule has 8 nitrogen and oxygen atoms in total. The quantitative estimate of drug-likeness (QED) is 0.110. The van der Waals surface area contributed by atoms with E-state index in [1.165, 1.54) is 13.2 Å². The number of carbonyl (C=O) groups excluding carboxylic acids is 3. The summed E-state index contributed by atoms with van der Waals surface area (Å²) in [6.07, 6.45) is 1.40. The van der Waals surface area contributed by atoms with E-state index in [1.54, 1.807) is 54.6 Å². The van der Waals surface area contributed by atoms with Crippen LogP contribution in [0.4, 0.5) is 10.5 Å². The van der Waals surface area contributed by atoms with Crippen LogP contribution in [0.2, 0.25) is 10.0 Å². The van der Waals surface area contributed by atoms with Gasteiger partial charge in [-0.25, -0.2) is 9.69 Å². The summed E-state index contributed by atoms with van der Waals surface area (Å²) in [6, 6.07) is 23.8. The molecule has 1 saturated heterocycles. The van der Waals surface area contributed by atoms with Gasteiger partial charge in [-0.2, -0.15) is 0 Å². The smallest absolute Gasteiger partial charge is 0.335 e. The minimum absolute atomic E-state index is 0.164. The van der Waals surface area contributed by atoms with Gasteiger partial charge in [0.2, 0.25) is 0 Å². The van der Waals surface area contributed by atoms with Crippen LogP contribution < -0.4 is 24.4 Å². The second kappa shape index (κ2) is 13.5. The molecule has 4 aromatic carbocycles. The number of hydrogen-bond donors (Lipinski definition) is 1. The summed E-state index contributed by atoms with van der Waals surface area (Å²) in [5.74, 6) is -0.167. The zero-order valence-corrected chi connectivity index (χ0v) is 26.3. The summed E-state index contributed by atoms with van der Waals surface area (Å²) in [4.78, 5) is 39.8. The van der Waals surface area contributed by atoms with E-state index in [0.29, 0.717) is 43.0 Å². The number of benzene rings is 4. The third kappa shape index (κ3) is 7.12. The normalized spacial score (nSPS) is 14.1. The summed E-state index contributed by atoms with van der Waals surface area (Å²) in [6.45, 7) is 0.530. The van der Waals surface area contributed by atoms with E-state index in [-0.39, 0.29) is 17.9 Å². The zero-order chi connectivity index (χ0) is 30.5. The number of anilines is 1. The highest BCUT2D eigenvalue weighted by molar-refractivity contribution is 14.1. The number of hydrogen-bond acceptors (Lipinski definition) is 6. The Morgan fingerprint density at radius 3 is 2.33 bits per heavy atom. The molecule has 0 spiro atoms. The van der Waals surface area contributed by atoms with Crippen molar-refractivity contribution >= 4 is 75.4 Å². The van der Waals surface area contributed by atoms with Gasteiger partial charge >= 0.3 is 6.03 Å².